The van der Waals surface area contributed by atoms with Crippen LogP contribution in [0.5, 0.6) is 5.75 Å². The van der Waals surface area contributed by atoms with Crippen LogP contribution in [0.3, 0.4) is 0 Å². The summed E-state index contributed by atoms with van der Waals surface area (Å²) in [6.07, 6.45) is 0.333. The van der Waals surface area contributed by atoms with Crippen LogP contribution in [-0.2, 0) is 9.53 Å². The molecule has 0 fully saturated rings. The van der Waals surface area contributed by atoms with E-state index >= 15 is 0 Å². The number of esters is 1. The highest BCUT2D eigenvalue weighted by molar-refractivity contribution is 8.15. The number of aromatic nitrogens is 1. The molecule has 4 N–H and O–H groups in total. The number of thiophene rings is 1. The number of anilines is 1. The van der Waals surface area contributed by atoms with E-state index < -0.39 is 0 Å². The van der Waals surface area contributed by atoms with Crippen LogP contribution in [0, 0.1) is 0 Å². The first-order chi connectivity index (χ1) is 15.0. The van der Waals surface area contributed by atoms with Gasteiger partial charge in [0.25, 0.3) is 0 Å². The number of aromatic amines is 1. The van der Waals surface area contributed by atoms with E-state index in [2.05, 4.69) is 22.6 Å². The Kier molecular flexibility index (Phi) is 6.80. The Labute approximate surface area is 193 Å². The molecule has 0 saturated heterocycles. The van der Waals surface area contributed by atoms with E-state index in [1.165, 1.54) is 11.3 Å². The largest absolute Gasteiger partial charge is 0.490 e. The number of nitrogens with two attached hydrogens (primary N) is 1. The average molecular weight is 478 g/mol. The Morgan fingerprint density at radius 3 is 3.00 bits per heavy atom. The first-order valence-electron chi connectivity index (χ1n) is 9.84. The lowest BCUT2D eigenvalue weighted by atomic mass is 10.0. The fraction of sp³-hybridized carbons (Fsp3) is 0.333. The number of rotatable bonds is 8. The summed E-state index contributed by atoms with van der Waals surface area (Å²) in [7, 11) is 0. The number of thioether (sulfide) groups is 1. The smallest absolute Gasteiger partial charge is 0.306 e. The van der Waals surface area contributed by atoms with Gasteiger partial charge in [0.05, 0.1) is 52.8 Å². The van der Waals surface area contributed by atoms with Crippen molar-refractivity contribution in [1.82, 2.24) is 4.98 Å². The monoisotopic (exact) mass is 477 g/mol. The number of hydrogen-bond donors (Lipinski definition) is 4. The molecule has 2 aromatic heterocycles. The maximum absolute atomic E-state index is 11.8. The summed E-state index contributed by atoms with van der Waals surface area (Å²) < 4.78 is 11.7. The van der Waals surface area contributed by atoms with Gasteiger partial charge < -0.3 is 25.3 Å². The number of ether oxygens (including phenoxy) is 2. The average Bonchev–Trinajstić information content (AvgIpc) is 3.46. The van der Waals surface area contributed by atoms with E-state index in [1.54, 1.807) is 18.7 Å². The number of thiol groups is 1. The minimum Gasteiger partial charge on any atom is -0.490 e. The predicted octanol–water partition coefficient (Wildman–Crippen LogP) is 3.95. The zero-order valence-electron chi connectivity index (χ0n) is 16.9. The van der Waals surface area contributed by atoms with Gasteiger partial charge in [-0.25, -0.2) is 0 Å². The molecular weight excluding hydrogens is 454 g/mol. The molecule has 0 saturated carbocycles. The van der Waals surface area contributed by atoms with Crippen LogP contribution in [0.2, 0.25) is 0 Å². The Morgan fingerprint density at radius 2 is 2.29 bits per heavy atom. The molecule has 3 heterocycles. The topological polar surface area (TPSA) is 110 Å². The third-order valence-electron chi connectivity index (χ3n) is 4.83. The fourth-order valence-electron chi connectivity index (χ4n) is 3.51. The molecule has 1 unspecified atom stereocenters. The van der Waals surface area contributed by atoms with Crippen LogP contribution in [0.25, 0.3) is 22.0 Å². The third kappa shape index (κ3) is 4.57. The molecule has 3 aromatic rings. The number of aliphatic imine (C=N–C) groups is 1. The number of nitrogen functional groups attached to an aromatic ring is 1. The highest BCUT2D eigenvalue weighted by atomic mass is 32.2. The van der Waals surface area contributed by atoms with E-state index in [0.29, 0.717) is 31.0 Å². The molecule has 0 bridgehead atoms. The van der Waals surface area contributed by atoms with Crippen molar-refractivity contribution in [1.29, 1.82) is 0 Å². The van der Waals surface area contributed by atoms with Gasteiger partial charge in [-0.05, 0) is 30.5 Å². The number of benzene rings is 1. The van der Waals surface area contributed by atoms with Crippen molar-refractivity contribution < 1.29 is 19.4 Å². The summed E-state index contributed by atoms with van der Waals surface area (Å²) >= 11 is 7.63. The molecule has 4 rings (SSSR count). The summed E-state index contributed by atoms with van der Waals surface area (Å²) in [5, 5.41) is 13.0. The van der Waals surface area contributed by atoms with Crippen LogP contribution in [0.1, 0.15) is 19.0 Å². The lowest BCUT2D eigenvalue weighted by Crippen LogP contribution is -2.14. The maximum atomic E-state index is 11.8. The Morgan fingerprint density at radius 1 is 1.45 bits per heavy atom. The number of nitrogens with zero attached hydrogens (tertiary/aromatic N) is 1. The van der Waals surface area contributed by atoms with Gasteiger partial charge in [-0.15, -0.1) is 24.0 Å². The van der Waals surface area contributed by atoms with E-state index in [9.17, 15) is 9.90 Å². The second-order valence-corrected chi connectivity index (χ2v) is 9.87. The number of hydrogen-bond acceptors (Lipinski definition) is 9. The molecule has 7 nitrogen and oxygen atoms in total. The van der Waals surface area contributed by atoms with Gasteiger partial charge in [-0.1, -0.05) is 11.8 Å². The Balaban J connectivity index is 1.67. The highest BCUT2D eigenvalue weighted by Gasteiger charge is 2.26. The molecule has 0 aliphatic carbocycles. The van der Waals surface area contributed by atoms with Crippen LogP contribution < -0.4 is 10.5 Å². The zero-order valence-corrected chi connectivity index (χ0v) is 19.4. The van der Waals surface area contributed by atoms with Crippen molar-refractivity contribution in [2.75, 3.05) is 32.1 Å². The number of aliphatic hydroxyl groups is 1. The first-order valence-corrected chi connectivity index (χ1v) is 12.0. The fourth-order valence-corrected chi connectivity index (χ4v) is 5.58. The van der Waals surface area contributed by atoms with Crippen molar-refractivity contribution >= 4 is 63.3 Å². The third-order valence-corrected chi connectivity index (χ3v) is 7.32. The molecule has 1 atom stereocenters. The molecule has 0 spiro atoms. The molecule has 31 heavy (non-hydrogen) atoms. The summed E-state index contributed by atoms with van der Waals surface area (Å²) in [6.45, 7) is 2.82. The number of H-pyrrole nitrogens is 1. The predicted molar refractivity (Wildman–Crippen MR) is 130 cm³/mol. The lowest BCUT2D eigenvalue weighted by Gasteiger charge is -2.14. The highest BCUT2D eigenvalue weighted by Crippen LogP contribution is 2.45. The summed E-state index contributed by atoms with van der Waals surface area (Å²) in [4.78, 5) is 19.8. The van der Waals surface area contributed by atoms with E-state index in [4.69, 9.17) is 15.2 Å². The normalized spacial score (nSPS) is 16.0. The number of carbonyl (C=O) groups is 1. The standard InChI is InChI=1S/C21H23N3O4S3/c1-2-27-16(26)9-12-10-23-20(31-12)14-7-11-8-15(28-5-4-25)17(18(22)19(11)24-14)13-3-6-30-21(13)29/h3,6-8,12,24-25,29H,2,4-5,9-10,22H2,1H3. The second-order valence-electron chi connectivity index (χ2n) is 6.92. The van der Waals surface area contributed by atoms with Gasteiger partial charge in [0.15, 0.2) is 0 Å². The van der Waals surface area contributed by atoms with Gasteiger partial charge in [0, 0.05) is 16.2 Å². The van der Waals surface area contributed by atoms with Crippen molar-refractivity contribution in [3.8, 4) is 16.9 Å². The van der Waals surface area contributed by atoms with Gasteiger partial charge in [0.2, 0.25) is 0 Å². The van der Waals surface area contributed by atoms with Gasteiger partial charge in [-0.3, -0.25) is 9.79 Å². The van der Waals surface area contributed by atoms with E-state index in [-0.39, 0.29) is 24.4 Å². The minimum absolute atomic E-state index is 0.0642. The minimum atomic E-state index is -0.203. The van der Waals surface area contributed by atoms with Crippen molar-refractivity contribution in [3.05, 3.63) is 29.3 Å². The SMILES string of the molecule is CCOC(=O)CC1CN=C(c2cc3cc(OCCO)c(-c4ccsc4S)c(N)c3[nH]2)S1. The molecule has 1 aliphatic heterocycles. The van der Waals surface area contributed by atoms with Crippen molar-refractivity contribution in [3.63, 3.8) is 0 Å². The van der Waals surface area contributed by atoms with Crippen LogP contribution >= 0.6 is 35.7 Å². The summed E-state index contributed by atoms with van der Waals surface area (Å²) in [5.74, 6) is 0.394. The number of nitrogens with one attached hydrogen (secondary N) is 1. The van der Waals surface area contributed by atoms with Crippen LogP contribution in [0.15, 0.2) is 32.8 Å². The van der Waals surface area contributed by atoms with E-state index in [1.807, 2.05) is 23.6 Å². The number of carbonyl (C=O) groups excluding carboxylic acids is 1. The van der Waals surface area contributed by atoms with Gasteiger partial charge in [0.1, 0.15) is 17.4 Å². The molecule has 10 heteroatoms. The van der Waals surface area contributed by atoms with Crippen LogP contribution in [0.4, 0.5) is 5.69 Å². The first kappa shape index (κ1) is 22.1. The quantitative estimate of drug-likeness (QED) is 0.222. The summed E-state index contributed by atoms with van der Waals surface area (Å²) in [6, 6.07) is 5.85. The van der Waals surface area contributed by atoms with Gasteiger partial charge in [-0.2, -0.15) is 0 Å². The molecular formula is C21H23N3O4S3. The van der Waals surface area contributed by atoms with Gasteiger partial charge >= 0.3 is 5.97 Å². The molecule has 1 aromatic carbocycles. The lowest BCUT2D eigenvalue weighted by molar-refractivity contribution is -0.143. The Bertz CT molecular complexity index is 1140. The second kappa shape index (κ2) is 9.56. The maximum Gasteiger partial charge on any atom is 0.306 e. The number of aliphatic hydroxyl groups excluding tert-OH is 1. The van der Waals surface area contributed by atoms with E-state index in [0.717, 1.165) is 37.0 Å². The van der Waals surface area contributed by atoms with Crippen molar-refractivity contribution in [2.45, 2.75) is 22.8 Å². The molecule has 1 aliphatic rings. The van der Waals surface area contributed by atoms with Crippen LogP contribution in [-0.4, -0.2) is 52.7 Å². The zero-order chi connectivity index (χ0) is 22.0. The molecule has 0 amide bonds. The Hall–Kier alpha value is -2.14. The molecule has 0 radical (unpaired) electrons. The summed E-state index contributed by atoms with van der Waals surface area (Å²) in [5.41, 5.74) is 10.4. The van der Waals surface area contributed by atoms with Crippen molar-refractivity contribution in [2.24, 2.45) is 4.99 Å². The number of fused-ring (bicyclic) bond motifs is 1. The molecule has 164 valence electrons.